The Bertz CT molecular complexity index is 1020. The third-order valence-corrected chi connectivity index (χ3v) is 5.34. The molecule has 0 amide bonds. The first-order valence-corrected chi connectivity index (χ1v) is 9.55. The molecule has 3 aromatic rings. The first-order valence-electron chi connectivity index (χ1n) is 7.69. The molecule has 0 saturated heterocycles. The molecule has 1 N–H and O–H groups in total. The predicted octanol–water partition coefficient (Wildman–Crippen LogP) is 3.36. The van der Waals surface area contributed by atoms with Crippen LogP contribution in [-0.4, -0.2) is 25.2 Å². The van der Waals surface area contributed by atoms with Crippen LogP contribution < -0.4 is 4.72 Å². The van der Waals surface area contributed by atoms with E-state index >= 15 is 0 Å². The standard InChI is InChI=1S/C17H15ClFN3O3S/c1-11-10-14(6-7-15(11)19)26(23,24)20-9-8-16-21-22-17(25-16)12-2-4-13(18)5-3-12/h2-7,10,20H,8-9H2,1H3. The molecule has 26 heavy (non-hydrogen) atoms. The van der Waals surface area contributed by atoms with Crippen LogP contribution in [0.5, 0.6) is 0 Å². The van der Waals surface area contributed by atoms with Crippen molar-refractivity contribution in [2.45, 2.75) is 18.2 Å². The summed E-state index contributed by atoms with van der Waals surface area (Å²) < 4.78 is 45.7. The van der Waals surface area contributed by atoms with Crippen LogP contribution in [0.1, 0.15) is 11.5 Å². The van der Waals surface area contributed by atoms with E-state index in [0.717, 1.165) is 11.6 Å². The number of sulfonamides is 1. The van der Waals surface area contributed by atoms with E-state index in [1.54, 1.807) is 24.3 Å². The van der Waals surface area contributed by atoms with Crippen molar-refractivity contribution in [2.75, 3.05) is 6.54 Å². The molecule has 0 aliphatic carbocycles. The Kier molecular flexibility index (Phi) is 5.36. The average molecular weight is 396 g/mol. The Labute approximate surface area is 155 Å². The Hall–Kier alpha value is -2.29. The number of nitrogens with zero attached hydrogens (tertiary/aromatic N) is 2. The maximum atomic E-state index is 13.3. The van der Waals surface area contributed by atoms with Crippen LogP contribution in [0.3, 0.4) is 0 Å². The van der Waals surface area contributed by atoms with Gasteiger partial charge in [-0.15, -0.1) is 10.2 Å². The second kappa shape index (κ2) is 7.53. The van der Waals surface area contributed by atoms with E-state index in [1.807, 2.05) is 0 Å². The number of hydrogen-bond acceptors (Lipinski definition) is 5. The van der Waals surface area contributed by atoms with Gasteiger partial charge in [-0.1, -0.05) is 11.6 Å². The molecule has 0 aliphatic rings. The van der Waals surface area contributed by atoms with Crippen LogP contribution in [0.25, 0.3) is 11.5 Å². The normalized spacial score (nSPS) is 11.7. The molecule has 6 nitrogen and oxygen atoms in total. The highest BCUT2D eigenvalue weighted by molar-refractivity contribution is 7.89. The van der Waals surface area contributed by atoms with Gasteiger partial charge in [0.1, 0.15) is 5.82 Å². The van der Waals surface area contributed by atoms with E-state index in [4.69, 9.17) is 16.0 Å². The lowest BCUT2D eigenvalue weighted by Crippen LogP contribution is -2.26. The monoisotopic (exact) mass is 395 g/mol. The van der Waals surface area contributed by atoms with E-state index in [-0.39, 0.29) is 23.4 Å². The van der Waals surface area contributed by atoms with Crippen molar-refractivity contribution in [3.8, 4) is 11.5 Å². The van der Waals surface area contributed by atoms with E-state index < -0.39 is 15.8 Å². The molecule has 3 rings (SSSR count). The molecule has 0 unspecified atom stereocenters. The van der Waals surface area contributed by atoms with Crippen molar-refractivity contribution in [3.63, 3.8) is 0 Å². The topological polar surface area (TPSA) is 85.1 Å². The molecule has 9 heteroatoms. The Morgan fingerprint density at radius 3 is 2.58 bits per heavy atom. The number of aromatic nitrogens is 2. The quantitative estimate of drug-likeness (QED) is 0.691. The Balaban J connectivity index is 1.62. The summed E-state index contributed by atoms with van der Waals surface area (Å²) >= 11 is 5.83. The molecule has 1 aromatic heterocycles. The van der Waals surface area contributed by atoms with Crippen LogP contribution in [-0.2, 0) is 16.4 Å². The number of halogens is 2. The molecule has 0 atom stereocenters. The fourth-order valence-corrected chi connectivity index (χ4v) is 3.47. The van der Waals surface area contributed by atoms with Gasteiger partial charge >= 0.3 is 0 Å². The van der Waals surface area contributed by atoms with Gasteiger partial charge in [0.2, 0.25) is 21.8 Å². The van der Waals surface area contributed by atoms with Crippen molar-refractivity contribution in [2.24, 2.45) is 0 Å². The van der Waals surface area contributed by atoms with Gasteiger partial charge in [0, 0.05) is 23.6 Å². The van der Waals surface area contributed by atoms with Crippen LogP contribution >= 0.6 is 11.6 Å². The zero-order valence-electron chi connectivity index (χ0n) is 13.7. The maximum Gasteiger partial charge on any atom is 0.247 e. The highest BCUT2D eigenvalue weighted by Gasteiger charge is 2.16. The molecular formula is C17H15ClFN3O3S. The molecule has 1 heterocycles. The van der Waals surface area contributed by atoms with Crippen LogP contribution in [0.2, 0.25) is 5.02 Å². The summed E-state index contributed by atoms with van der Waals surface area (Å²) in [5.41, 5.74) is 0.980. The lowest BCUT2D eigenvalue weighted by molar-refractivity contribution is 0.502. The van der Waals surface area contributed by atoms with Gasteiger partial charge in [-0.3, -0.25) is 0 Å². The fourth-order valence-electron chi connectivity index (χ4n) is 2.22. The predicted molar refractivity (Wildman–Crippen MR) is 94.8 cm³/mol. The minimum Gasteiger partial charge on any atom is -0.421 e. The summed E-state index contributed by atoms with van der Waals surface area (Å²) in [6.45, 7) is 1.58. The molecule has 0 bridgehead atoms. The van der Waals surface area contributed by atoms with Crippen molar-refractivity contribution in [1.29, 1.82) is 0 Å². The zero-order valence-corrected chi connectivity index (χ0v) is 15.3. The van der Waals surface area contributed by atoms with E-state index in [9.17, 15) is 12.8 Å². The summed E-state index contributed by atoms with van der Waals surface area (Å²) in [6, 6.07) is 10.5. The summed E-state index contributed by atoms with van der Waals surface area (Å²) in [7, 11) is -3.74. The summed E-state index contributed by atoms with van der Waals surface area (Å²) in [4.78, 5) is 0.00350. The van der Waals surface area contributed by atoms with Crippen molar-refractivity contribution >= 4 is 21.6 Å². The van der Waals surface area contributed by atoms with E-state index in [2.05, 4.69) is 14.9 Å². The lowest BCUT2D eigenvalue weighted by Gasteiger charge is -2.06. The lowest BCUT2D eigenvalue weighted by atomic mass is 10.2. The molecule has 0 saturated carbocycles. The van der Waals surface area contributed by atoms with E-state index in [1.165, 1.54) is 19.1 Å². The number of nitrogens with one attached hydrogen (secondary N) is 1. The number of hydrogen-bond donors (Lipinski definition) is 1. The fraction of sp³-hybridized carbons (Fsp3) is 0.176. The third kappa shape index (κ3) is 4.27. The molecule has 136 valence electrons. The van der Waals surface area contributed by atoms with Gasteiger partial charge in [-0.05, 0) is 55.0 Å². The Morgan fingerprint density at radius 1 is 1.15 bits per heavy atom. The van der Waals surface area contributed by atoms with Gasteiger partial charge < -0.3 is 4.42 Å². The molecule has 0 fully saturated rings. The van der Waals surface area contributed by atoms with Crippen molar-refractivity contribution in [1.82, 2.24) is 14.9 Å². The first-order chi connectivity index (χ1) is 12.3. The molecular weight excluding hydrogens is 381 g/mol. The van der Waals surface area contributed by atoms with Crippen molar-refractivity contribution < 1.29 is 17.2 Å². The number of aryl methyl sites for hydroxylation is 1. The van der Waals surface area contributed by atoms with Gasteiger partial charge in [0.15, 0.2) is 0 Å². The summed E-state index contributed by atoms with van der Waals surface area (Å²) in [6.07, 6.45) is 0.222. The molecule has 0 radical (unpaired) electrons. The van der Waals surface area contributed by atoms with Gasteiger partial charge in [0.25, 0.3) is 0 Å². The summed E-state index contributed by atoms with van der Waals surface area (Å²) in [5.74, 6) is 0.172. The van der Waals surface area contributed by atoms with Crippen LogP contribution in [0.15, 0.2) is 51.8 Å². The largest absolute Gasteiger partial charge is 0.421 e. The van der Waals surface area contributed by atoms with Gasteiger partial charge in [-0.25, -0.2) is 17.5 Å². The minimum absolute atomic E-state index is 0.00350. The number of rotatable bonds is 6. The second-order valence-corrected chi connectivity index (χ2v) is 7.77. The van der Waals surface area contributed by atoms with Gasteiger partial charge in [0.05, 0.1) is 4.90 Å². The number of benzene rings is 2. The molecule has 0 spiro atoms. The van der Waals surface area contributed by atoms with Crippen LogP contribution in [0, 0.1) is 12.7 Å². The maximum absolute atomic E-state index is 13.3. The minimum atomic E-state index is -3.74. The SMILES string of the molecule is Cc1cc(S(=O)(=O)NCCc2nnc(-c3ccc(Cl)cc3)o2)ccc1F. The molecule has 0 aliphatic heterocycles. The second-order valence-electron chi connectivity index (χ2n) is 5.57. The highest BCUT2D eigenvalue weighted by Crippen LogP contribution is 2.20. The molecule has 2 aromatic carbocycles. The summed E-state index contributed by atoms with van der Waals surface area (Å²) in [5, 5.41) is 8.43. The van der Waals surface area contributed by atoms with Crippen LogP contribution in [0.4, 0.5) is 4.39 Å². The first kappa shape index (κ1) is 18.5. The smallest absolute Gasteiger partial charge is 0.247 e. The van der Waals surface area contributed by atoms with Crippen molar-refractivity contribution in [3.05, 3.63) is 64.8 Å². The zero-order chi connectivity index (χ0) is 18.7. The van der Waals surface area contributed by atoms with E-state index in [0.29, 0.717) is 16.8 Å². The van der Waals surface area contributed by atoms with Gasteiger partial charge in [-0.2, -0.15) is 0 Å². The Morgan fingerprint density at radius 2 is 1.88 bits per heavy atom. The third-order valence-electron chi connectivity index (χ3n) is 3.63. The highest BCUT2D eigenvalue weighted by atomic mass is 35.5. The average Bonchev–Trinajstić information content (AvgIpc) is 3.06.